The van der Waals surface area contributed by atoms with Crippen LogP contribution >= 0.6 is 15.6 Å². The van der Waals surface area contributed by atoms with Gasteiger partial charge in [-0.25, -0.2) is 9.13 Å². The van der Waals surface area contributed by atoms with Gasteiger partial charge >= 0.3 is 15.6 Å². The first-order valence-electron chi connectivity index (χ1n) is 4.03. The molecule has 0 aromatic carbocycles. The molecule has 2 unspecified atom stereocenters. The van der Waals surface area contributed by atoms with Crippen molar-refractivity contribution in [1.29, 1.82) is 0 Å². The van der Waals surface area contributed by atoms with Crippen molar-refractivity contribution in [2.24, 2.45) is 5.92 Å². The zero-order valence-corrected chi connectivity index (χ0v) is 9.93. The van der Waals surface area contributed by atoms with Gasteiger partial charge in [0.05, 0.1) is 6.61 Å². The van der Waals surface area contributed by atoms with Crippen LogP contribution in [-0.4, -0.2) is 21.3 Å². The van der Waals surface area contributed by atoms with E-state index in [2.05, 4.69) is 15.4 Å². The second kappa shape index (κ2) is 5.92. The van der Waals surface area contributed by atoms with Crippen LogP contribution in [0.2, 0.25) is 0 Å². The summed E-state index contributed by atoms with van der Waals surface area (Å²) in [5.74, 6) is 0.0695. The van der Waals surface area contributed by atoms with Crippen molar-refractivity contribution in [3.63, 3.8) is 0 Å². The number of rotatable bonds is 7. The summed E-state index contributed by atoms with van der Waals surface area (Å²) in [6, 6.07) is 0. The Morgan fingerprint density at radius 3 is 2.33 bits per heavy atom. The smallest absolute Gasteiger partial charge is 0.302 e. The van der Waals surface area contributed by atoms with Crippen LogP contribution in [0.3, 0.4) is 0 Å². The molecule has 0 aliphatic carbocycles. The first kappa shape index (κ1) is 15.0. The van der Waals surface area contributed by atoms with E-state index in [1.807, 2.05) is 6.92 Å². The van der Waals surface area contributed by atoms with Gasteiger partial charge in [-0.15, -0.1) is 6.58 Å². The Morgan fingerprint density at radius 1 is 1.40 bits per heavy atom. The standard InChI is InChI=1S/C6H14O7P2/c1-3-6(2)4-5-12-15(10,11)13-14(7,8)9/h3,6H,1,4-5H2,2H3,(H,10,11)(H2,7,8,9). The molecule has 15 heavy (non-hydrogen) atoms. The maximum Gasteiger partial charge on any atom is 0.481 e. The van der Waals surface area contributed by atoms with Crippen molar-refractivity contribution < 1.29 is 32.6 Å². The van der Waals surface area contributed by atoms with Crippen molar-refractivity contribution in [2.75, 3.05) is 6.61 Å². The summed E-state index contributed by atoms with van der Waals surface area (Å²) in [6.07, 6.45) is 2.02. The first-order chi connectivity index (χ1) is 6.66. The lowest BCUT2D eigenvalue weighted by molar-refractivity contribution is 0.173. The summed E-state index contributed by atoms with van der Waals surface area (Å²) in [7, 11) is -9.69. The molecule has 7 nitrogen and oxygen atoms in total. The lowest BCUT2D eigenvalue weighted by Gasteiger charge is -2.13. The van der Waals surface area contributed by atoms with Crippen LogP contribution in [-0.2, 0) is 18.0 Å². The molecule has 90 valence electrons. The van der Waals surface area contributed by atoms with E-state index < -0.39 is 15.6 Å². The SMILES string of the molecule is C=CC(C)CCOP(=O)(O)OP(=O)(O)O. The van der Waals surface area contributed by atoms with Crippen LogP contribution in [0.1, 0.15) is 13.3 Å². The molecule has 0 aliphatic heterocycles. The van der Waals surface area contributed by atoms with Crippen LogP contribution in [0, 0.1) is 5.92 Å². The molecule has 3 N–H and O–H groups in total. The third-order valence-corrected chi connectivity index (χ3v) is 3.62. The molecule has 0 bridgehead atoms. The topological polar surface area (TPSA) is 113 Å². The molecule has 0 aromatic rings. The Hall–Kier alpha value is -0.0000000000000000416. The number of phosphoric acid groups is 2. The van der Waals surface area contributed by atoms with Crippen molar-refractivity contribution in [3.8, 4) is 0 Å². The van der Waals surface area contributed by atoms with Crippen LogP contribution < -0.4 is 0 Å². The quantitative estimate of drug-likeness (QED) is 0.468. The van der Waals surface area contributed by atoms with Gasteiger partial charge < -0.3 is 14.7 Å². The molecule has 0 aromatic heterocycles. The van der Waals surface area contributed by atoms with Gasteiger partial charge in [-0.3, -0.25) is 4.52 Å². The second-order valence-corrected chi connectivity index (χ2v) is 5.71. The molecule has 0 amide bonds. The average molecular weight is 260 g/mol. The minimum atomic E-state index is -5.02. The summed E-state index contributed by atoms with van der Waals surface area (Å²) in [5, 5.41) is 0. The predicted molar refractivity (Wildman–Crippen MR) is 52.9 cm³/mol. The third-order valence-electron chi connectivity index (χ3n) is 1.44. The molecule has 0 heterocycles. The molecule has 0 rings (SSSR count). The van der Waals surface area contributed by atoms with E-state index >= 15 is 0 Å². The van der Waals surface area contributed by atoms with Crippen molar-refractivity contribution in [3.05, 3.63) is 12.7 Å². The molecule has 0 radical (unpaired) electrons. The largest absolute Gasteiger partial charge is 0.481 e. The minimum Gasteiger partial charge on any atom is -0.302 e. The first-order valence-corrected chi connectivity index (χ1v) is 7.05. The predicted octanol–water partition coefficient (Wildman–Crippen LogP) is 1.42. The van der Waals surface area contributed by atoms with E-state index in [1.165, 1.54) is 0 Å². The summed E-state index contributed by atoms with van der Waals surface area (Å²) >= 11 is 0. The lowest BCUT2D eigenvalue weighted by atomic mass is 10.1. The molecule has 9 heteroatoms. The fraction of sp³-hybridized carbons (Fsp3) is 0.667. The maximum absolute atomic E-state index is 10.9. The summed E-state index contributed by atoms with van der Waals surface area (Å²) in [6.45, 7) is 5.15. The normalized spacial score (nSPS) is 18.1. The van der Waals surface area contributed by atoms with Gasteiger partial charge in [-0.1, -0.05) is 13.0 Å². The summed E-state index contributed by atoms with van der Waals surface area (Å²) in [4.78, 5) is 25.4. The Kier molecular flexibility index (Phi) is 5.92. The van der Waals surface area contributed by atoms with Gasteiger partial charge in [0.1, 0.15) is 0 Å². The van der Waals surface area contributed by atoms with Gasteiger partial charge in [0, 0.05) is 0 Å². The minimum absolute atomic E-state index is 0.0695. The molecular weight excluding hydrogens is 246 g/mol. The van der Waals surface area contributed by atoms with E-state index in [1.54, 1.807) is 6.08 Å². The van der Waals surface area contributed by atoms with Crippen LogP contribution in [0.15, 0.2) is 12.7 Å². The molecule has 0 aliphatic rings. The fourth-order valence-corrected chi connectivity index (χ4v) is 2.23. The van der Waals surface area contributed by atoms with Gasteiger partial charge in [0.2, 0.25) is 0 Å². The third kappa shape index (κ3) is 8.96. The van der Waals surface area contributed by atoms with E-state index in [-0.39, 0.29) is 12.5 Å². The highest BCUT2D eigenvalue weighted by molar-refractivity contribution is 7.60. The number of allylic oxidation sites excluding steroid dienone is 1. The number of hydrogen-bond donors (Lipinski definition) is 3. The average Bonchev–Trinajstić information content (AvgIpc) is 1.98. The number of phosphoric ester groups is 1. The molecule has 0 saturated carbocycles. The second-order valence-electron chi connectivity index (χ2n) is 2.88. The molecule has 0 saturated heterocycles. The maximum atomic E-state index is 10.9. The molecule has 0 fully saturated rings. The van der Waals surface area contributed by atoms with Gasteiger partial charge in [-0.05, 0) is 12.3 Å². The van der Waals surface area contributed by atoms with E-state index in [0.29, 0.717) is 6.42 Å². The van der Waals surface area contributed by atoms with Crippen LogP contribution in [0.25, 0.3) is 0 Å². The van der Waals surface area contributed by atoms with E-state index in [9.17, 15) is 9.13 Å². The number of hydrogen-bond acceptors (Lipinski definition) is 4. The van der Waals surface area contributed by atoms with Crippen molar-refractivity contribution >= 4 is 15.6 Å². The Morgan fingerprint density at radius 2 is 1.93 bits per heavy atom. The van der Waals surface area contributed by atoms with Crippen molar-refractivity contribution in [1.82, 2.24) is 0 Å². The highest BCUT2D eigenvalue weighted by atomic mass is 31.3. The zero-order chi connectivity index (χ0) is 12.1. The highest BCUT2D eigenvalue weighted by Crippen LogP contribution is 2.57. The Labute approximate surface area is 87.6 Å². The molecule has 0 spiro atoms. The van der Waals surface area contributed by atoms with Crippen molar-refractivity contribution in [2.45, 2.75) is 13.3 Å². The molecule has 2 atom stereocenters. The van der Waals surface area contributed by atoms with Gasteiger partial charge in [-0.2, -0.15) is 4.31 Å². The van der Waals surface area contributed by atoms with Gasteiger partial charge in [0.25, 0.3) is 0 Å². The van der Waals surface area contributed by atoms with E-state index in [0.717, 1.165) is 0 Å². The summed E-state index contributed by atoms with van der Waals surface area (Å²) < 4.78 is 29.0. The molecular formula is C6H14O7P2. The summed E-state index contributed by atoms with van der Waals surface area (Å²) in [5.41, 5.74) is 0. The lowest BCUT2D eigenvalue weighted by Crippen LogP contribution is -1.99. The fourth-order valence-electron chi connectivity index (χ4n) is 0.630. The van der Waals surface area contributed by atoms with E-state index in [4.69, 9.17) is 14.7 Å². The zero-order valence-electron chi connectivity index (χ0n) is 8.15. The van der Waals surface area contributed by atoms with Gasteiger partial charge in [0.15, 0.2) is 0 Å². The van der Waals surface area contributed by atoms with Crippen LogP contribution in [0.4, 0.5) is 0 Å². The Bertz CT molecular complexity index is 296. The Balaban J connectivity index is 4.00. The monoisotopic (exact) mass is 260 g/mol. The highest BCUT2D eigenvalue weighted by Gasteiger charge is 2.32. The van der Waals surface area contributed by atoms with Crippen LogP contribution in [0.5, 0.6) is 0 Å².